The van der Waals surface area contributed by atoms with E-state index in [0.717, 1.165) is 5.56 Å². The molecule has 8 heteroatoms. The molecule has 30 heavy (non-hydrogen) atoms. The molecule has 0 spiro atoms. The lowest BCUT2D eigenvalue weighted by Crippen LogP contribution is -2.39. The summed E-state index contributed by atoms with van der Waals surface area (Å²) in [7, 11) is 0. The van der Waals surface area contributed by atoms with Crippen LogP contribution in [0.4, 0.5) is 5.69 Å². The molecule has 0 aliphatic carbocycles. The second kappa shape index (κ2) is 9.78. The minimum absolute atomic E-state index is 0.144. The van der Waals surface area contributed by atoms with Crippen LogP contribution >= 0.6 is 23.2 Å². The average molecular weight is 446 g/mol. The van der Waals surface area contributed by atoms with Crippen molar-refractivity contribution in [3.05, 3.63) is 69.9 Å². The first kappa shape index (κ1) is 21.9. The molecule has 2 aromatic carbocycles. The van der Waals surface area contributed by atoms with Crippen LogP contribution in [0.2, 0.25) is 10.0 Å². The number of halogens is 2. The Morgan fingerprint density at radius 1 is 1.13 bits per heavy atom. The number of rotatable bonds is 7. The van der Waals surface area contributed by atoms with Crippen LogP contribution in [0.5, 0.6) is 0 Å². The molecule has 0 atom stereocenters. The number of nitrogens with one attached hydrogen (secondary N) is 1. The summed E-state index contributed by atoms with van der Waals surface area (Å²) >= 11 is 12.1. The fourth-order valence-corrected chi connectivity index (χ4v) is 3.39. The molecular weight excluding hydrogens is 425 g/mol. The smallest absolute Gasteiger partial charge is 0.260 e. The van der Waals surface area contributed by atoms with Gasteiger partial charge in [-0.3, -0.25) is 9.59 Å². The number of carbonyl (C=O) groups is 2. The molecule has 1 heterocycles. The van der Waals surface area contributed by atoms with Crippen LogP contribution < -0.4 is 5.32 Å². The monoisotopic (exact) mass is 445 g/mol. The summed E-state index contributed by atoms with van der Waals surface area (Å²) in [5.41, 5.74) is 1.97. The first-order valence-electron chi connectivity index (χ1n) is 9.46. The van der Waals surface area contributed by atoms with Gasteiger partial charge in [0.15, 0.2) is 0 Å². The molecular formula is C22H21Cl2N3O3. The van der Waals surface area contributed by atoms with Gasteiger partial charge >= 0.3 is 0 Å². The number of carbonyl (C=O) groups excluding carboxylic acids is 2. The predicted molar refractivity (Wildman–Crippen MR) is 118 cm³/mol. The average Bonchev–Trinajstić information content (AvgIpc) is 3.12. The summed E-state index contributed by atoms with van der Waals surface area (Å²) in [6.07, 6.45) is 0.682. The molecule has 0 fully saturated rings. The summed E-state index contributed by atoms with van der Waals surface area (Å²) < 4.78 is 5.30. The third kappa shape index (κ3) is 5.01. The number of amides is 2. The van der Waals surface area contributed by atoms with Crippen molar-refractivity contribution >= 4 is 40.7 Å². The Kier molecular flexibility index (Phi) is 7.13. The van der Waals surface area contributed by atoms with Crippen LogP contribution in [-0.2, 0) is 4.79 Å². The van der Waals surface area contributed by atoms with Crippen molar-refractivity contribution in [2.75, 3.05) is 18.4 Å². The Balaban J connectivity index is 1.83. The Bertz CT molecular complexity index is 1050. The highest BCUT2D eigenvalue weighted by atomic mass is 35.5. The maximum atomic E-state index is 13.3. The topological polar surface area (TPSA) is 75.4 Å². The van der Waals surface area contributed by atoms with Crippen molar-refractivity contribution in [3.63, 3.8) is 0 Å². The van der Waals surface area contributed by atoms with Gasteiger partial charge in [0.05, 0.1) is 10.7 Å². The van der Waals surface area contributed by atoms with Crippen molar-refractivity contribution in [1.82, 2.24) is 10.1 Å². The highest BCUT2D eigenvalue weighted by Crippen LogP contribution is 2.27. The van der Waals surface area contributed by atoms with Gasteiger partial charge in [0.1, 0.15) is 23.6 Å². The van der Waals surface area contributed by atoms with Crippen molar-refractivity contribution in [3.8, 4) is 11.3 Å². The standard InChI is InChI=1S/C22H21Cl2N3O3/c1-3-11-27(13-19(28)25-18-12-16(23)9-10-17(18)24)22(29)20-14(2)30-26-21(20)15-7-5-4-6-8-15/h4-10,12H,3,11,13H2,1-2H3,(H,25,28). The van der Waals surface area contributed by atoms with E-state index in [1.807, 2.05) is 37.3 Å². The molecule has 0 saturated heterocycles. The molecule has 0 radical (unpaired) electrons. The summed E-state index contributed by atoms with van der Waals surface area (Å²) in [5.74, 6) is -0.295. The lowest BCUT2D eigenvalue weighted by Gasteiger charge is -2.22. The normalized spacial score (nSPS) is 10.7. The van der Waals surface area contributed by atoms with Gasteiger partial charge in [0.2, 0.25) is 5.91 Å². The van der Waals surface area contributed by atoms with Crippen LogP contribution in [0.3, 0.4) is 0 Å². The largest absolute Gasteiger partial charge is 0.360 e. The minimum atomic E-state index is -0.378. The fourth-order valence-electron chi connectivity index (χ4n) is 3.05. The van der Waals surface area contributed by atoms with Gasteiger partial charge in [0.25, 0.3) is 5.91 Å². The third-order valence-electron chi connectivity index (χ3n) is 4.44. The molecule has 3 rings (SSSR count). The molecule has 1 aromatic heterocycles. The number of benzene rings is 2. The van der Waals surface area contributed by atoms with Crippen LogP contribution in [0, 0.1) is 6.92 Å². The highest BCUT2D eigenvalue weighted by Gasteiger charge is 2.27. The number of hydrogen-bond donors (Lipinski definition) is 1. The molecule has 0 bridgehead atoms. The second-order valence-electron chi connectivity index (χ2n) is 6.73. The maximum absolute atomic E-state index is 13.3. The van der Waals surface area contributed by atoms with E-state index in [0.29, 0.717) is 45.7 Å². The summed E-state index contributed by atoms with van der Waals surface area (Å²) in [6, 6.07) is 14.1. The number of aryl methyl sites for hydroxylation is 1. The number of nitrogens with zero attached hydrogens (tertiary/aromatic N) is 2. The van der Waals surface area contributed by atoms with Gasteiger partial charge in [-0.1, -0.05) is 65.6 Å². The zero-order valence-corrected chi connectivity index (χ0v) is 18.1. The zero-order valence-electron chi connectivity index (χ0n) is 16.6. The van der Waals surface area contributed by atoms with Gasteiger partial charge in [-0.25, -0.2) is 0 Å². The van der Waals surface area contributed by atoms with Gasteiger partial charge < -0.3 is 14.7 Å². The van der Waals surface area contributed by atoms with E-state index in [-0.39, 0.29) is 18.4 Å². The second-order valence-corrected chi connectivity index (χ2v) is 7.57. The van der Waals surface area contributed by atoms with Crippen LogP contribution in [-0.4, -0.2) is 35.0 Å². The molecule has 1 N–H and O–H groups in total. The van der Waals surface area contributed by atoms with Crippen molar-refractivity contribution in [2.45, 2.75) is 20.3 Å². The van der Waals surface area contributed by atoms with E-state index < -0.39 is 0 Å². The van der Waals surface area contributed by atoms with Crippen molar-refractivity contribution < 1.29 is 14.1 Å². The van der Waals surface area contributed by atoms with Crippen LogP contribution in [0.25, 0.3) is 11.3 Å². The highest BCUT2D eigenvalue weighted by molar-refractivity contribution is 6.35. The van der Waals surface area contributed by atoms with Gasteiger partial charge in [0, 0.05) is 17.1 Å². The van der Waals surface area contributed by atoms with E-state index in [1.54, 1.807) is 25.1 Å². The Hall–Kier alpha value is -2.83. The quantitative estimate of drug-likeness (QED) is 0.524. The van der Waals surface area contributed by atoms with Crippen molar-refractivity contribution in [2.24, 2.45) is 0 Å². The van der Waals surface area contributed by atoms with Gasteiger partial charge in [-0.15, -0.1) is 0 Å². The van der Waals surface area contributed by atoms with Gasteiger partial charge in [-0.2, -0.15) is 0 Å². The summed E-state index contributed by atoms with van der Waals surface area (Å²) in [6.45, 7) is 3.87. The third-order valence-corrected chi connectivity index (χ3v) is 5.01. The molecule has 0 aliphatic rings. The van der Waals surface area contributed by atoms with E-state index in [2.05, 4.69) is 10.5 Å². The van der Waals surface area contributed by atoms with E-state index in [9.17, 15) is 9.59 Å². The first-order valence-corrected chi connectivity index (χ1v) is 10.2. The Morgan fingerprint density at radius 3 is 2.57 bits per heavy atom. The van der Waals surface area contributed by atoms with Crippen molar-refractivity contribution in [1.29, 1.82) is 0 Å². The maximum Gasteiger partial charge on any atom is 0.260 e. The number of hydrogen-bond acceptors (Lipinski definition) is 4. The van der Waals surface area contributed by atoms with E-state index in [1.165, 1.54) is 4.90 Å². The summed E-state index contributed by atoms with van der Waals surface area (Å²) in [4.78, 5) is 27.4. The first-order chi connectivity index (χ1) is 14.4. The number of anilines is 1. The number of aromatic nitrogens is 1. The lowest BCUT2D eigenvalue weighted by atomic mass is 10.1. The predicted octanol–water partition coefficient (Wildman–Crippen LogP) is 5.45. The molecule has 3 aromatic rings. The van der Waals surface area contributed by atoms with E-state index in [4.69, 9.17) is 27.7 Å². The van der Waals surface area contributed by atoms with Crippen LogP contribution in [0.1, 0.15) is 29.5 Å². The molecule has 0 aliphatic heterocycles. The summed E-state index contributed by atoms with van der Waals surface area (Å²) in [5, 5.41) is 7.59. The Labute approximate surface area is 184 Å². The molecule has 0 saturated carbocycles. The van der Waals surface area contributed by atoms with Crippen LogP contribution in [0.15, 0.2) is 53.1 Å². The molecule has 2 amide bonds. The SMILES string of the molecule is CCCN(CC(=O)Nc1cc(Cl)ccc1Cl)C(=O)c1c(-c2ccccc2)noc1C. The minimum Gasteiger partial charge on any atom is -0.360 e. The van der Waals surface area contributed by atoms with E-state index >= 15 is 0 Å². The zero-order chi connectivity index (χ0) is 21.7. The van der Waals surface area contributed by atoms with Gasteiger partial charge in [-0.05, 0) is 31.5 Å². The molecule has 6 nitrogen and oxygen atoms in total. The lowest BCUT2D eigenvalue weighted by molar-refractivity contribution is -0.116. The molecule has 0 unspecified atom stereocenters. The fraction of sp³-hybridized carbons (Fsp3) is 0.227. The Morgan fingerprint density at radius 2 is 1.87 bits per heavy atom. The molecule has 156 valence electrons.